The van der Waals surface area contributed by atoms with Crippen molar-refractivity contribution in [3.63, 3.8) is 0 Å². The molecule has 4 heteroatoms. The van der Waals surface area contributed by atoms with Crippen molar-refractivity contribution < 1.29 is 9.25 Å². The lowest BCUT2D eigenvalue weighted by Gasteiger charge is -2.03. The Bertz CT molecular complexity index is 174. The van der Waals surface area contributed by atoms with Gasteiger partial charge in [0.1, 0.15) is 5.76 Å². The van der Waals surface area contributed by atoms with E-state index in [2.05, 4.69) is 9.82 Å². The quantitative estimate of drug-likeness (QED) is 0.630. The summed E-state index contributed by atoms with van der Waals surface area (Å²) in [6, 6.07) is 0. The van der Waals surface area contributed by atoms with Gasteiger partial charge in [-0.2, -0.15) is 0 Å². The van der Waals surface area contributed by atoms with Crippen molar-refractivity contribution in [2.75, 3.05) is 6.61 Å². The monoisotopic (exact) mass is 142 g/mol. The lowest BCUT2D eigenvalue weighted by atomic mass is 10.1. The fraction of sp³-hybridized carbons (Fsp3) is 0.500. The molecule has 1 unspecified atom stereocenters. The molecule has 1 rings (SSSR count). The normalized spacial score (nSPS) is 13.4. The molecular formula is C6H10N2O2. The molecule has 4 nitrogen and oxygen atoms in total. The van der Waals surface area contributed by atoms with Crippen LogP contribution in [0, 0.1) is 0 Å². The molecule has 1 aromatic heterocycles. The Morgan fingerprint density at radius 2 is 2.70 bits per heavy atom. The maximum absolute atomic E-state index is 5.00. The van der Waals surface area contributed by atoms with Crippen molar-refractivity contribution in [2.24, 2.45) is 5.90 Å². The summed E-state index contributed by atoms with van der Waals surface area (Å²) in [4.78, 5) is 8.20. The van der Waals surface area contributed by atoms with E-state index in [1.54, 1.807) is 6.20 Å². The summed E-state index contributed by atoms with van der Waals surface area (Å²) >= 11 is 0. The molecule has 0 aromatic carbocycles. The van der Waals surface area contributed by atoms with Gasteiger partial charge in [0.25, 0.3) is 0 Å². The highest BCUT2D eigenvalue weighted by Gasteiger charge is 2.07. The molecule has 0 aliphatic rings. The Balaban J connectivity index is 2.50. The first kappa shape index (κ1) is 7.24. The Morgan fingerprint density at radius 3 is 3.20 bits per heavy atom. The number of hydrogen-bond acceptors (Lipinski definition) is 4. The first-order valence-corrected chi connectivity index (χ1v) is 3.04. The van der Waals surface area contributed by atoms with E-state index in [1.807, 2.05) is 6.92 Å². The van der Waals surface area contributed by atoms with Crippen LogP contribution in [0.5, 0.6) is 0 Å². The first-order valence-electron chi connectivity index (χ1n) is 3.04. The molecule has 1 aromatic rings. The van der Waals surface area contributed by atoms with E-state index >= 15 is 0 Å². The molecule has 0 radical (unpaired) electrons. The van der Waals surface area contributed by atoms with Crippen LogP contribution >= 0.6 is 0 Å². The molecule has 0 fully saturated rings. The number of aromatic nitrogens is 1. The minimum Gasteiger partial charge on any atom is -0.448 e. The van der Waals surface area contributed by atoms with Gasteiger partial charge in [-0.1, -0.05) is 6.92 Å². The molecule has 1 heterocycles. The molecule has 2 N–H and O–H groups in total. The second kappa shape index (κ2) is 3.34. The first-order chi connectivity index (χ1) is 4.84. The van der Waals surface area contributed by atoms with Crippen LogP contribution in [0.4, 0.5) is 0 Å². The van der Waals surface area contributed by atoms with Crippen LogP contribution in [0.2, 0.25) is 0 Å². The van der Waals surface area contributed by atoms with Gasteiger partial charge in [-0.15, -0.1) is 0 Å². The maximum Gasteiger partial charge on any atom is 0.180 e. The van der Waals surface area contributed by atoms with E-state index in [0.717, 1.165) is 5.76 Å². The predicted octanol–water partition coefficient (Wildman–Crippen LogP) is 0.668. The minimum atomic E-state index is 0.174. The van der Waals surface area contributed by atoms with Crippen LogP contribution in [0.1, 0.15) is 18.6 Å². The Labute approximate surface area is 58.9 Å². The fourth-order valence-corrected chi connectivity index (χ4v) is 0.695. The largest absolute Gasteiger partial charge is 0.448 e. The van der Waals surface area contributed by atoms with Crippen LogP contribution in [-0.2, 0) is 4.84 Å². The van der Waals surface area contributed by atoms with Gasteiger partial charge in [0, 0.05) is 5.92 Å². The second-order valence-corrected chi connectivity index (χ2v) is 2.14. The smallest absolute Gasteiger partial charge is 0.180 e. The average Bonchev–Trinajstić information content (AvgIpc) is 2.38. The van der Waals surface area contributed by atoms with Crippen LogP contribution in [0.15, 0.2) is 17.0 Å². The summed E-state index contributed by atoms with van der Waals surface area (Å²) in [5.41, 5.74) is 0. The van der Waals surface area contributed by atoms with Gasteiger partial charge >= 0.3 is 0 Å². The van der Waals surface area contributed by atoms with Gasteiger partial charge in [-0.3, -0.25) is 0 Å². The van der Waals surface area contributed by atoms with E-state index < -0.39 is 0 Å². The van der Waals surface area contributed by atoms with E-state index in [4.69, 9.17) is 10.3 Å². The average molecular weight is 142 g/mol. The van der Waals surface area contributed by atoms with Gasteiger partial charge in [0.15, 0.2) is 6.39 Å². The Kier molecular flexibility index (Phi) is 2.42. The molecule has 56 valence electrons. The summed E-state index contributed by atoms with van der Waals surface area (Å²) in [7, 11) is 0. The van der Waals surface area contributed by atoms with E-state index in [9.17, 15) is 0 Å². The second-order valence-electron chi connectivity index (χ2n) is 2.14. The summed E-state index contributed by atoms with van der Waals surface area (Å²) in [6.45, 7) is 2.41. The maximum atomic E-state index is 5.00. The summed E-state index contributed by atoms with van der Waals surface area (Å²) in [6.07, 6.45) is 3.05. The molecule has 0 bridgehead atoms. The lowest BCUT2D eigenvalue weighted by Crippen LogP contribution is -2.07. The topological polar surface area (TPSA) is 61.3 Å². The third-order valence-corrected chi connectivity index (χ3v) is 1.28. The van der Waals surface area contributed by atoms with E-state index in [-0.39, 0.29) is 5.92 Å². The van der Waals surface area contributed by atoms with Crippen molar-refractivity contribution in [3.05, 3.63) is 18.4 Å². The predicted molar refractivity (Wildman–Crippen MR) is 35.1 cm³/mol. The van der Waals surface area contributed by atoms with Gasteiger partial charge in [-0.25, -0.2) is 10.9 Å². The highest BCUT2D eigenvalue weighted by atomic mass is 16.6. The van der Waals surface area contributed by atoms with Crippen molar-refractivity contribution >= 4 is 0 Å². The number of oxazole rings is 1. The molecule has 0 saturated heterocycles. The fourth-order valence-electron chi connectivity index (χ4n) is 0.695. The lowest BCUT2D eigenvalue weighted by molar-refractivity contribution is 0.121. The van der Waals surface area contributed by atoms with Crippen molar-refractivity contribution in [1.29, 1.82) is 0 Å². The standard InChI is InChI=1S/C6H10N2O2/c1-5(3-10-7)6-2-8-4-9-6/h2,4-5H,3,7H2,1H3. The molecule has 0 saturated carbocycles. The molecule has 1 atom stereocenters. The summed E-state index contributed by atoms with van der Waals surface area (Å²) in [5.74, 6) is 5.84. The zero-order chi connectivity index (χ0) is 7.40. The zero-order valence-electron chi connectivity index (χ0n) is 5.78. The van der Waals surface area contributed by atoms with Crippen molar-refractivity contribution in [3.8, 4) is 0 Å². The number of hydrogen-bond donors (Lipinski definition) is 1. The van der Waals surface area contributed by atoms with Gasteiger partial charge in [0.2, 0.25) is 0 Å². The molecular weight excluding hydrogens is 132 g/mol. The van der Waals surface area contributed by atoms with Gasteiger partial charge in [-0.05, 0) is 0 Å². The van der Waals surface area contributed by atoms with E-state index in [1.165, 1.54) is 6.39 Å². The van der Waals surface area contributed by atoms with Crippen LogP contribution in [0.3, 0.4) is 0 Å². The Morgan fingerprint density at radius 1 is 1.90 bits per heavy atom. The highest BCUT2D eigenvalue weighted by molar-refractivity contribution is 4.96. The van der Waals surface area contributed by atoms with Gasteiger partial charge in [0.05, 0.1) is 12.8 Å². The van der Waals surface area contributed by atoms with Crippen LogP contribution in [-0.4, -0.2) is 11.6 Å². The third-order valence-electron chi connectivity index (χ3n) is 1.28. The zero-order valence-corrected chi connectivity index (χ0v) is 5.78. The van der Waals surface area contributed by atoms with Crippen molar-refractivity contribution in [1.82, 2.24) is 4.98 Å². The molecule has 0 aliphatic carbocycles. The molecule has 0 aliphatic heterocycles. The molecule has 0 spiro atoms. The third kappa shape index (κ3) is 1.55. The van der Waals surface area contributed by atoms with Crippen molar-refractivity contribution in [2.45, 2.75) is 12.8 Å². The van der Waals surface area contributed by atoms with Crippen LogP contribution < -0.4 is 5.90 Å². The number of nitrogens with zero attached hydrogens (tertiary/aromatic N) is 1. The van der Waals surface area contributed by atoms with Gasteiger partial charge < -0.3 is 9.25 Å². The SMILES string of the molecule is CC(CON)c1cnco1. The Hall–Kier alpha value is -0.870. The van der Waals surface area contributed by atoms with Crippen LogP contribution in [0.25, 0.3) is 0 Å². The van der Waals surface area contributed by atoms with E-state index in [0.29, 0.717) is 6.61 Å². The highest BCUT2D eigenvalue weighted by Crippen LogP contribution is 2.12. The summed E-state index contributed by atoms with van der Waals surface area (Å²) in [5, 5.41) is 0. The molecule has 0 amide bonds. The minimum absolute atomic E-state index is 0.174. The molecule has 10 heavy (non-hydrogen) atoms. The number of nitrogens with two attached hydrogens (primary N) is 1. The summed E-state index contributed by atoms with van der Waals surface area (Å²) < 4.78 is 5.00. The number of rotatable bonds is 3.